The van der Waals surface area contributed by atoms with Crippen LogP contribution in [0, 0.1) is 0 Å². The molecule has 0 saturated heterocycles. The van der Waals surface area contributed by atoms with E-state index in [1.165, 1.54) is 6.26 Å². The summed E-state index contributed by atoms with van der Waals surface area (Å²) in [6.45, 7) is 0.950. The summed E-state index contributed by atoms with van der Waals surface area (Å²) in [5.41, 5.74) is 4.20. The van der Waals surface area contributed by atoms with E-state index in [1.807, 2.05) is 72.8 Å². The first kappa shape index (κ1) is 26.1. The Hall–Kier alpha value is -3.93. The van der Waals surface area contributed by atoms with Crippen molar-refractivity contribution in [3.63, 3.8) is 0 Å². The number of hydrogen-bond acceptors (Lipinski definition) is 4. The van der Waals surface area contributed by atoms with E-state index in [9.17, 15) is 8.42 Å². The Kier molecular flexibility index (Phi) is 9.47. The highest BCUT2D eigenvalue weighted by molar-refractivity contribution is 7.94. The van der Waals surface area contributed by atoms with Gasteiger partial charge in [-0.2, -0.15) is 0 Å². The van der Waals surface area contributed by atoms with Gasteiger partial charge in [0.25, 0.3) is 0 Å². The van der Waals surface area contributed by atoms with Crippen molar-refractivity contribution in [2.75, 3.05) is 6.61 Å². The second kappa shape index (κ2) is 13.4. The lowest BCUT2D eigenvalue weighted by Crippen LogP contribution is -2.12. The molecule has 4 aromatic carbocycles. The highest BCUT2D eigenvalue weighted by atomic mass is 32.2. The summed E-state index contributed by atoms with van der Waals surface area (Å²) in [6.07, 6.45) is 3.45. The molecule has 4 nitrogen and oxygen atoms in total. The lowest BCUT2D eigenvalue weighted by Gasteiger charge is -2.17. The minimum absolute atomic E-state index is 0.224. The topological polar surface area (TPSA) is 52.6 Å². The van der Waals surface area contributed by atoms with Crippen molar-refractivity contribution in [3.05, 3.63) is 156 Å². The van der Waals surface area contributed by atoms with E-state index in [2.05, 4.69) is 24.3 Å². The smallest absolute Gasteiger partial charge is 0.202 e. The fourth-order valence-electron chi connectivity index (χ4n) is 3.83. The third kappa shape index (κ3) is 8.04. The minimum Gasteiger partial charge on any atom is -0.493 e. The van der Waals surface area contributed by atoms with E-state index in [-0.39, 0.29) is 4.90 Å². The van der Waals surface area contributed by atoms with Gasteiger partial charge in [0.1, 0.15) is 6.10 Å². The molecule has 0 spiro atoms. The van der Waals surface area contributed by atoms with Crippen LogP contribution >= 0.6 is 0 Å². The highest BCUT2D eigenvalue weighted by Gasteiger charge is 2.13. The molecule has 0 aliphatic carbocycles. The van der Waals surface area contributed by atoms with E-state index >= 15 is 0 Å². The Morgan fingerprint density at radius 1 is 0.703 bits per heavy atom. The van der Waals surface area contributed by atoms with Gasteiger partial charge in [-0.15, -0.1) is 0 Å². The number of hydrogen-bond donors (Lipinski definition) is 0. The third-order valence-electron chi connectivity index (χ3n) is 5.74. The van der Waals surface area contributed by atoms with Crippen molar-refractivity contribution in [2.24, 2.45) is 0 Å². The minimum atomic E-state index is -3.61. The number of sulfone groups is 1. The SMILES string of the molecule is O=S(=O)(/C=C/OC(C=C(c1ccccc1)c1ccccc1)CCOCc1ccccc1)c1ccccc1. The molecule has 0 fully saturated rings. The van der Waals surface area contributed by atoms with Crippen LogP contribution in [-0.4, -0.2) is 21.1 Å². The normalized spacial score (nSPS) is 12.2. The van der Waals surface area contributed by atoms with E-state index in [0.717, 1.165) is 27.7 Å². The van der Waals surface area contributed by atoms with E-state index < -0.39 is 15.9 Å². The molecule has 0 N–H and O–H groups in total. The summed E-state index contributed by atoms with van der Waals surface area (Å²) < 4.78 is 37.3. The maximum absolute atomic E-state index is 12.7. The lowest BCUT2D eigenvalue weighted by atomic mass is 9.96. The maximum Gasteiger partial charge on any atom is 0.202 e. The molecule has 1 unspecified atom stereocenters. The van der Waals surface area contributed by atoms with Crippen LogP contribution in [0.5, 0.6) is 0 Å². The third-order valence-corrected chi connectivity index (χ3v) is 7.14. The molecule has 0 heterocycles. The van der Waals surface area contributed by atoms with Crippen molar-refractivity contribution >= 4 is 15.4 Å². The Balaban J connectivity index is 1.56. The second-order valence-corrected chi connectivity index (χ2v) is 10.3. The van der Waals surface area contributed by atoms with Gasteiger partial charge in [0.05, 0.1) is 29.8 Å². The first-order valence-electron chi connectivity index (χ1n) is 12.2. The molecule has 4 aromatic rings. The van der Waals surface area contributed by atoms with Gasteiger partial charge >= 0.3 is 0 Å². The van der Waals surface area contributed by atoms with Gasteiger partial charge in [-0.1, -0.05) is 109 Å². The molecule has 0 radical (unpaired) electrons. The number of ether oxygens (including phenoxy) is 2. The summed E-state index contributed by atoms with van der Waals surface area (Å²) in [5, 5.41) is 1.11. The zero-order valence-electron chi connectivity index (χ0n) is 20.5. The Labute approximate surface area is 219 Å². The first-order valence-corrected chi connectivity index (χ1v) is 13.7. The number of benzene rings is 4. The molecule has 188 valence electrons. The summed E-state index contributed by atoms with van der Waals surface area (Å²) in [5.74, 6) is 0. The average molecular weight is 511 g/mol. The maximum atomic E-state index is 12.7. The van der Waals surface area contributed by atoms with Crippen LogP contribution in [0.1, 0.15) is 23.1 Å². The number of rotatable bonds is 12. The van der Waals surface area contributed by atoms with Gasteiger partial charge in [0.2, 0.25) is 9.84 Å². The van der Waals surface area contributed by atoms with Gasteiger partial charge in [0, 0.05) is 6.42 Å². The van der Waals surface area contributed by atoms with Crippen LogP contribution in [0.25, 0.3) is 5.57 Å². The molecule has 1 atom stereocenters. The summed E-state index contributed by atoms with van der Waals surface area (Å²) >= 11 is 0. The van der Waals surface area contributed by atoms with Crippen molar-refractivity contribution in [1.82, 2.24) is 0 Å². The van der Waals surface area contributed by atoms with Crippen LogP contribution in [0.2, 0.25) is 0 Å². The van der Waals surface area contributed by atoms with Crippen LogP contribution < -0.4 is 0 Å². The predicted octanol–water partition coefficient (Wildman–Crippen LogP) is 7.06. The fourth-order valence-corrected chi connectivity index (χ4v) is 4.73. The van der Waals surface area contributed by atoms with Gasteiger partial charge < -0.3 is 9.47 Å². The molecule has 0 aromatic heterocycles. The van der Waals surface area contributed by atoms with E-state index in [0.29, 0.717) is 19.6 Å². The largest absolute Gasteiger partial charge is 0.493 e. The zero-order valence-corrected chi connectivity index (χ0v) is 21.3. The zero-order chi connectivity index (χ0) is 25.8. The van der Waals surface area contributed by atoms with Crippen molar-refractivity contribution in [1.29, 1.82) is 0 Å². The summed E-state index contributed by atoms with van der Waals surface area (Å²) in [7, 11) is -3.61. The van der Waals surface area contributed by atoms with Crippen LogP contribution in [0.4, 0.5) is 0 Å². The molecule has 0 amide bonds. The molecule has 0 aliphatic rings. The van der Waals surface area contributed by atoms with Crippen molar-refractivity contribution in [3.8, 4) is 0 Å². The van der Waals surface area contributed by atoms with E-state index in [1.54, 1.807) is 30.3 Å². The lowest BCUT2D eigenvalue weighted by molar-refractivity contribution is 0.0821. The quantitative estimate of drug-likeness (QED) is 0.151. The van der Waals surface area contributed by atoms with Gasteiger partial charge in [-0.05, 0) is 40.5 Å². The molecule has 37 heavy (non-hydrogen) atoms. The molecule has 0 aliphatic heterocycles. The molecule has 0 saturated carbocycles. The fraction of sp³-hybridized carbons (Fsp3) is 0.125. The average Bonchev–Trinajstić information content (AvgIpc) is 2.95. The molecule has 5 heteroatoms. The first-order chi connectivity index (χ1) is 18.1. The summed E-state index contributed by atoms with van der Waals surface area (Å²) in [4.78, 5) is 0.224. The van der Waals surface area contributed by atoms with Gasteiger partial charge in [-0.3, -0.25) is 0 Å². The van der Waals surface area contributed by atoms with E-state index in [4.69, 9.17) is 9.47 Å². The van der Waals surface area contributed by atoms with Gasteiger partial charge in [-0.25, -0.2) is 8.42 Å². The highest BCUT2D eigenvalue weighted by Crippen LogP contribution is 2.25. The Morgan fingerprint density at radius 2 is 1.22 bits per heavy atom. The molecule has 0 bridgehead atoms. The monoisotopic (exact) mass is 510 g/mol. The van der Waals surface area contributed by atoms with Gasteiger partial charge in [0.15, 0.2) is 0 Å². The van der Waals surface area contributed by atoms with Crippen LogP contribution in [0.15, 0.2) is 144 Å². The summed E-state index contributed by atoms with van der Waals surface area (Å²) in [6, 6.07) is 38.5. The van der Waals surface area contributed by atoms with Crippen molar-refractivity contribution < 1.29 is 17.9 Å². The van der Waals surface area contributed by atoms with Crippen LogP contribution in [0.3, 0.4) is 0 Å². The molecular formula is C32H30O4S. The molecule has 4 rings (SSSR count). The Bertz CT molecular complexity index is 1340. The predicted molar refractivity (Wildman–Crippen MR) is 148 cm³/mol. The van der Waals surface area contributed by atoms with Crippen molar-refractivity contribution in [2.45, 2.75) is 24.0 Å². The standard InChI is InChI=1S/C32H30O4S/c33-37(34,31-19-11-4-12-20-31)24-23-36-30(21-22-35-26-27-13-5-1-6-14-27)25-32(28-15-7-2-8-16-28)29-17-9-3-10-18-29/h1-20,23-25,30H,21-22,26H2/b24-23+. The Morgan fingerprint density at radius 3 is 1.78 bits per heavy atom. The van der Waals surface area contributed by atoms with Crippen LogP contribution in [-0.2, 0) is 25.9 Å². The second-order valence-electron chi connectivity index (χ2n) is 8.44. The molecular weight excluding hydrogens is 480 g/mol.